The number of benzene rings is 2. The Morgan fingerprint density at radius 1 is 1.31 bits per heavy atom. The molecular weight excluding hydrogens is 444 g/mol. The molecule has 2 aromatic carbocycles. The minimum absolute atomic E-state index is 0.00203. The molecule has 10 heteroatoms. The highest BCUT2D eigenvalue weighted by Gasteiger charge is 2.41. The van der Waals surface area contributed by atoms with Crippen molar-refractivity contribution in [1.82, 2.24) is 15.5 Å². The molecule has 2 aliphatic heterocycles. The largest absolute Gasteiger partial charge is 0.349 e. The Morgan fingerprint density at radius 3 is 2.75 bits per heavy atom. The van der Waals surface area contributed by atoms with E-state index >= 15 is 0 Å². The molecule has 7 nitrogen and oxygen atoms in total. The highest BCUT2D eigenvalue weighted by Crippen LogP contribution is 2.30. The first-order valence-corrected chi connectivity index (χ1v) is 9.67. The molecule has 1 saturated heterocycles. The third-order valence-corrected chi connectivity index (χ3v) is 5.22. The fourth-order valence-corrected chi connectivity index (χ4v) is 3.44. The van der Waals surface area contributed by atoms with Gasteiger partial charge in [0.1, 0.15) is 6.02 Å². The summed E-state index contributed by atoms with van der Waals surface area (Å²) in [5.41, 5.74) is -0.642. The van der Waals surface area contributed by atoms with E-state index in [4.69, 9.17) is 18.5 Å². The van der Waals surface area contributed by atoms with Crippen molar-refractivity contribution in [3.8, 4) is 0 Å². The molecule has 4 rings (SSSR count). The Balaban J connectivity index is 1.57. The van der Waals surface area contributed by atoms with Crippen LogP contribution in [-0.4, -0.2) is 34.5 Å². The average molecular weight is 467 g/mol. The first kappa shape index (κ1) is 16.3. The van der Waals surface area contributed by atoms with E-state index in [1.165, 1.54) is 18.2 Å². The third-order valence-electron chi connectivity index (χ3n) is 4.97. The van der Waals surface area contributed by atoms with Crippen LogP contribution < -0.4 is 10.6 Å². The second kappa shape index (κ2) is 8.31. The van der Waals surface area contributed by atoms with Crippen molar-refractivity contribution in [2.24, 2.45) is 0 Å². The summed E-state index contributed by atoms with van der Waals surface area (Å²) in [5, 5.41) is 1.72. The molecule has 0 bridgehead atoms. The van der Waals surface area contributed by atoms with Gasteiger partial charge in [0.05, 0.1) is 2.74 Å². The van der Waals surface area contributed by atoms with Crippen molar-refractivity contribution in [1.29, 1.82) is 0 Å². The van der Waals surface area contributed by atoms with Crippen LogP contribution in [0.25, 0.3) is 0 Å². The van der Waals surface area contributed by atoms with E-state index in [0.717, 1.165) is 29.2 Å². The summed E-state index contributed by atoms with van der Waals surface area (Å²) in [6.07, 6.45) is -3.50. The Kier molecular flexibility index (Phi) is 4.24. The summed E-state index contributed by atoms with van der Waals surface area (Å²) in [6.45, 7) is -2.31. The van der Waals surface area contributed by atoms with Gasteiger partial charge in [-0.2, -0.15) is 8.78 Å². The molecule has 0 aromatic heterocycles. The van der Waals surface area contributed by atoms with Crippen molar-refractivity contribution in [2.75, 3.05) is 0 Å². The van der Waals surface area contributed by atoms with Crippen molar-refractivity contribution in [3.63, 3.8) is 0 Å². The molecule has 0 aliphatic carbocycles. The highest BCUT2D eigenvalue weighted by molar-refractivity contribution is 6.30. The molecule has 0 spiro atoms. The van der Waals surface area contributed by atoms with Gasteiger partial charge in [-0.05, 0) is 35.7 Å². The zero-order chi connectivity index (χ0) is 27.5. The number of amides is 4. The second-order valence-corrected chi connectivity index (χ2v) is 7.47. The lowest BCUT2D eigenvalue weighted by Gasteiger charge is -2.29. The van der Waals surface area contributed by atoms with Crippen molar-refractivity contribution >= 4 is 35.2 Å². The van der Waals surface area contributed by atoms with Crippen molar-refractivity contribution in [2.45, 2.75) is 37.8 Å². The zero-order valence-corrected chi connectivity index (χ0v) is 17.0. The SMILES string of the molecule is [2H]C(c1ccc2c(c1)CN([C@@]1([2H])CC([2H])([2H])C(=O)NC1=O)C2=O)N([2H])C(=O)C(F)(F)c1ccc(Cl)cc1. The number of carbonyl (C=O) groups excluding carboxylic acids is 4. The van der Waals surface area contributed by atoms with E-state index in [2.05, 4.69) is 0 Å². The summed E-state index contributed by atoms with van der Waals surface area (Å²) in [4.78, 5) is 50.2. The van der Waals surface area contributed by atoms with Gasteiger partial charge >= 0.3 is 5.92 Å². The fourth-order valence-electron chi connectivity index (χ4n) is 3.32. The lowest BCUT2D eigenvalue weighted by Crippen LogP contribution is -2.52. The van der Waals surface area contributed by atoms with Gasteiger partial charge in [0.25, 0.3) is 11.8 Å². The number of fused-ring (bicyclic) bond motifs is 1. The van der Waals surface area contributed by atoms with E-state index in [1.807, 2.05) is 0 Å². The summed E-state index contributed by atoms with van der Waals surface area (Å²) >= 11 is 5.69. The monoisotopic (exact) mass is 466 g/mol. The third kappa shape index (κ3) is 4.08. The molecular formula is C22H18ClF2N3O4. The number of alkyl halides is 2. The van der Waals surface area contributed by atoms with Gasteiger partial charge in [0.15, 0.2) is 1.41 Å². The number of hydrogen-bond acceptors (Lipinski definition) is 4. The predicted octanol–water partition coefficient (Wildman–Crippen LogP) is 2.51. The lowest BCUT2D eigenvalue weighted by molar-refractivity contribution is -0.147. The normalized spacial score (nSPS) is 25.5. The van der Waals surface area contributed by atoms with Gasteiger partial charge in [-0.15, -0.1) is 0 Å². The molecule has 32 heavy (non-hydrogen) atoms. The quantitative estimate of drug-likeness (QED) is 0.662. The first-order valence-electron chi connectivity index (χ1n) is 11.8. The van der Waals surface area contributed by atoms with Gasteiger partial charge < -0.3 is 10.2 Å². The highest BCUT2D eigenvalue weighted by atomic mass is 35.5. The molecule has 2 aromatic rings. The van der Waals surface area contributed by atoms with Gasteiger partial charge in [0, 0.05) is 38.3 Å². The lowest BCUT2D eigenvalue weighted by atomic mass is 10.0. The number of piperidine rings is 1. The second-order valence-electron chi connectivity index (χ2n) is 7.04. The molecule has 1 fully saturated rings. The molecule has 1 unspecified atom stereocenters. The molecule has 2 N–H and O–H groups in total. The number of rotatable bonds is 5. The summed E-state index contributed by atoms with van der Waals surface area (Å²) in [7, 11) is 0. The standard InChI is InChI=1S/C22H18ClF2N3O4/c23-15-4-2-14(3-5-15)22(24,25)21(32)26-10-12-1-6-16-13(9-12)11-28(20(16)31)17-7-8-18(29)27-19(17)30/h1-6,9,17H,7-8,10-11H2,(H,26,32)(H,27,29,30)/t17-/m0/s1/i8D2,10D,17D/hD/t10?,17-. The summed E-state index contributed by atoms with van der Waals surface area (Å²) in [5.74, 6) is -9.31. The molecule has 2 heterocycles. The summed E-state index contributed by atoms with van der Waals surface area (Å²) in [6, 6.07) is 5.30. The minimum atomic E-state index is -4.13. The number of hydrogen-bond donors (Lipinski definition) is 2. The number of halogens is 3. The van der Waals surface area contributed by atoms with E-state index < -0.39 is 60.4 Å². The molecule has 4 amide bonds. The number of carbonyl (C=O) groups is 4. The van der Waals surface area contributed by atoms with Crippen LogP contribution in [0.4, 0.5) is 8.78 Å². The maximum absolute atomic E-state index is 14.7. The van der Waals surface area contributed by atoms with Gasteiger partial charge in [0.2, 0.25) is 11.8 Å². The Morgan fingerprint density at radius 2 is 2.03 bits per heavy atom. The molecule has 166 valence electrons. The van der Waals surface area contributed by atoms with Crippen LogP contribution in [0.3, 0.4) is 0 Å². The van der Waals surface area contributed by atoms with Crippen molar-refractivity contribution < 1.29 is 34.9 Å². The maximum Gasteiger partial charge on any atom is 0.349 e. The first-order chi connectivity index (χ1) is 17.1. The fraction of sp³-hybridized carbons (Fsp3) is 0.273. The predicted molar refractivity (Wildman–Crippen MR) is 110 cm³/mol. The number of imide groups is 1. The minimum Gasteiger partial charge on any atom is -0.346 e. The van der Waals surface area contributed by atoms with Crippen LogP contribution >= 0.6 is 11.6 Å². The smallest absolute Gasteiger partial charge is 0.346 e. The van der Waals surface area contributed by atoms with Crippen LogP contribution in [0.15, 0.2) is 42.5 Å². The van der Waals surface area contributed by atoms with Crippen LogP contribution in [0, 0.1) is 0 Å². The zero-order valence-electron chi connectivity index (χ0n) is 21.2. The van der Waals surface area contributed by atoms with E-state index in [-0.39, 0.29) is 33.6 Å². The van der Waals surface area contributed by atoms with Crippen LogP contribution in [0.1, 0.15) is 45.3 Å². The van der Waals surface area contributed by atoms with Gasteiger partial charge in [-0.3, -0.25) is 24.5 Å². The topological polar surface area (TPSA) is 95.6 Å². The van der Waals surface area contributed by atoms with Gasteiger partial charge in [-0.25, -0.2) is 0 Å². The molecule has 2 aliphatic rings. The molecule has 2 atom stereocenters. The Bertz CT molecular complexity index is 1330. The van der Waals surface area contributed by atoms with Crippen LogP contribution in [0.5, 0.6) is 0 Å². The van der Waals surface area contributed by atoms with Crippen LogP contribution in [0.2, 0.25) is 6.43 Å². The van der Waals surface area contributed by atoms with E-state index in [0.29, 0.717) is 0 Å². The van der Waals surface area contributed by atoms with Crippen LogP contribution in [-0.2, 0) is 33.4 Å². The summed E-state index contributed by atoms with van der Waals surface area (Å²) < 4.78 is 69.5. The Hall–Kier alpha value is -3.33. The molecule has 0 saturated carbocycles. The molecule has 0 radical (unpaired) electrons. The van der Waals surface area contributed by atoms with E-state index in [9.17, 15) is 28.0 Å². The Labute approximate surface area is 193 Å². The average Bonchev–Trinajstić information content (AvgIpc) is 3.18. The maximum atomic E-state index is 14.7. The van der Waals surface area contributed by atoms with E-state index in [1.54, 1.807) is 5.32 Å². The number of nitrogens with zero attached hydrogens (tertiary/aromatic N) is 1. The number of nitrogens with one attached hydrogen (secondary N) is 2. The van der Waals surface area contributed by atoms with Crippen molar-refractivity contribution in [3.05, 3.63) is 69.7 Å². The van der Waals surface area contributed by atoms with Gasteiger partial charge in [-0.1, -0.05) is 35.9 Å².